The predicted molar refractivity (Wildman–Crippen MR) is 91.3 cm³/mol. The van der Waals surface area contributed by atoms with Gasteiger partial charge in [0.1, 0.15) is 11.6 Å². The van der Waals surface area contributed by atoms with E-state index in [1.807, 2.05) is 30.3 Å². The van der Waals surface area contributed by atoms with Gasteiger partial charge in [-0.3, -0.25) is 10.1 Å². The second kappa shape index (κ2) is 6.51. The van der Waals surface area contributed by atoms with Crippen molar-refractivity contribution in [3.05, 3.63) is 81.9 Å². The number of rotatable bonds is 4. The molecule has 0 atom stereocenters. The molecule has 4 nitrogen and oxygen atoms in total. The maximum absolute atomic E-state index is 11.0. The van der Waals surface area contributed by atoms with Crippen LogP contribution in [0.1, 0.15) is 11.1 Å². The van der Waals surface area contributed by atoms with Gasteiger partial charge < -0.3 is 0 Å². The molecule has 0 N–H and O–H groups in total. The Morgan fingerprint density at radius 3 is 2.57 bits per heavy atom. The fraction of sp³-hybridized carbons (Fsp3) is 0.0556. The first-order valence-corrected chi connectivity index (χ1v) is 7.95. The molecule has 0 heterocycles. The SMILES string of the molecule is N#Cc1c(CSc2ccc3ccccc3c2)cccc1[N+](=O)[O-]. The molecular formula is C18H12N2O2S. The van der Waals surface area contributed by atoms with E-state index in [2.05, 4.69) is 18.2 Å². The van der Waals surface area contributed by atoms with Gasteiger partial charge in [0.25, 0.3) is 5.69 Å². The van der Waals surface area contributed by atoms with Gasteiger partial charge in [0.2, 0.25) is 0 Å². The lowest BCUT2D eigenvalue weighted by atomic mass is 10.1. The average molecular weight is 320 g/mol. The van der Waals surface area contributed by atoms with Crippen molar-refractivity contribution in [1.82, 2.24) is 0 Å². The predicted octanol–water partition coefficient (Wildman–Crippen LogP) is 4.91. The molecular weight excluding hydrogens is 308 g/mol. The zero-order chi connectivity index (χ0) is 16.2. The third kappa shape index (κ3) is 3.17. The first-order chi connectivity index (χ1) is 11.2. The van der Waals surface area contributed by atoms with Crippen LogP contribution in [0, 0.1) is 21.4 Å². The third-order valence-electron chi connectivity index (χ3n) is 3.55. The number of nitro benzene ring substituents is 1. The van der Waals surface area contributed by atoms with Gasteiger partial charge in [-0.05, 0) is 28.5 Å². The van der Waals surface area contributed by atoms with E-state index in [1.165, 1.54) is 11.5 Å². The molecule has 112 valence electrons. The van der Waals surface area contributed by atoms with Crippen LogP contribution in [0.5, 0.6) is 0 Å². The van der Waals surface area contributed by atoms with E-state index in [0.29, 0.717) is 11.3 Å². The largest absolute Gasteiger partial charge is 0.287 e. The minimum atomic E-state index is -0.511. The van der Waals surface area contributed by atoms with Crippen LogP contribution < -0.4 is 0 Å². The van der Waals surface area contributed by atoms with Gasteiger partial charge in [0.05, 0.1) is 4.92 Å². The molecule has 0 saturated heterocycles. The van der Waals surface area contributed by atoms with Crippen LogP contribution in [0.15, 0.2) is 65.6 Å². The topological polar surface area (TPSA) is 66.9 Å². The number of fused-ring (bicyclic) bond motifs is 1. The summed E-state index contributed by atoms with van der Waals surface area (Å²) >= 11 is 1.56. The van der Waals surface area contributed by atoms with Gasteiger partial charge >= 0.3 is 0 Å². The van der Waals surface area contributed by atoms with Crippen LogP contribution in [0.4, 0.5) is 5.69 Å². The molecule has 23 heavy (non-hydrogen) atoms. The first kappa shape index (κ1) is 15.1. The highest BCUT2D eigenvalue weighted by atomic mass is 32.2. The molecule has 0 fully saturated rings. The van der Waals surface area contributed by atoms with Crippen LogP contribution in [-0.4, -0.2) is 4.92 Å². The first-order valence-electron chi connectivity index (χ1n) is 6.97. The monoisotopic (exact) mass is 320 g/mol. The minimum absolute atomic E-state index is 0.135. The fourth-order valence-electron chi connectivity index (χ4n) is 2.41. The summed E-state index contributed by atoms with van der Waals surface area (Å²) in [4.78, 5) is 11.6. The standard InChI is InChI=1S/C18H12N2O2S/c19-11-17-15(6-3-7-18(17)20(21)22)12-23-16-9-8-13-4-1-2-5-14(13)10-16/h1-10H,12H2. The van der Waals surface area contributed by atoms with Crippen molar-refractivity contribution >= 4 is 28.2 Å². The van der Waals surface area contributed by atoms with Gasteiger partial charge in [0, 0.05) is 16.7 Å². The lowest BCUT2D eigenvalue weighted by molar-refractivity contribution is -0.385. The number of hydrogen-bond donors (Lipinski definition) is 0. The van der Waals surface area contributed by atoms with E-state index in [9.17, 15) is 15.4 Å². The highest BCUT2D eigenvalue weighted by Crippen LogP contribution is 2.30. The Morgan fingerprint density at radius 1 is 1.04 bits per heavy atom. The molecule has 3 aromatic carbocycles. The molecule has 0 saturated carbocycles. The third-order valence-corrected chi connectivity index (χ3v) is 4.60. The molecule has 0 aliphatic rings. The molecule has 0 aliphatic heterocycles. The van der Waals surface area contributed by atoms with Gasteiger partial charge in [0.15, 0.2) is 0 Å². The molecule has 3 aromatic rings. The second-order valence-electron chi connectivity index (χ2n) is 4.98. The molecule has 0 spiro atoms. The van der Waals surface area contributed by atoms with E-state index in [0.717, 1.165) is 10.3 Å². The van der Waals surface area contributed by atoms with Crippen molar-refractivity contribution in [2.24, 2.45) is 0 Å². The quantitative estimate of drug-likeness (QED) is 0.389. The van der Waals surface area contributed by atoms with Crippen molar-refractivity contribution < 1.29 is 4.92 Å². The van der Waals surface area contributed by atoms with Crippen molar-refractivity contribution in [2.75, 3.05) is 0 Å². The smallest absolute Gasteiger partial charge is 0.258 e. The van der Waals surface area contributed by atoms with Gasteiger partial charge in [-0.25, -0.2) is 0 Å². The summed E-state index contributed by atoms with van der Waals surface area (Å²) in [7, 11) is 0. The maximum Gasteiger partial charge on any atom is 0.287 e. The molecule has 5 heteroatoms. The maximum atomic E-state index is 11.0. The summed E-state index contributed by atoms with van der Waals surface area (Å²) in [6.07, 6.45) is 0. The summed E-state index contributed by atoms with van der Waals surface area (Å²) < 4.78 is 0. The number of nitriles is 1. The molecule has 0 aromatic heterocycles. The Kier molecular flexibility index (Phi) is 4.26. The Balaban J connectivity index is 1.86. The number of thioether (sulfide) groups is 1. The van der Waals surface area contributed by atoms with E-state index >= 15 is 0 Å². The minimum Gasteiger partial charge on any atom is -0.258 e. The summed E-state index contributed by atoms with van der Waals surface area (Å²) in [5.74, 6) is 0.517. The van der Waals surface area contributed by atoms with E-state index in [4.69, 9.17) is 0 Å². The lowest BCUT2D eigenvalue weighted by Crippen LogP contribution is -1.96. The van der Waals surface area contributed by atoms with Crippen molar-refractivity contribution in [1.29, 1.82) is 5.26 Å². The van der Waals surface area contributed by atoms with Crippen LogP contribution in [0.25, 0.3) is 10.8 Å². The van der Waals surface area contributed by atoms with Crippen LogP contribution in [-0.2, 0) is 5.75 Å². The van der Waals surface area contributed by atoms with E-state index in [-0.39, 0.29) is 11.3 Å². The summed E-state index contributed by atoms with van der Waals surface area (Å²) in [6.45, 7) is 0. The molecule has 0 unspecified atom stereocenters. The van der Waals surface area contributed by atoms with Gasteiger partial charge in [-0.2, -0.15) is 5.26 Å². The lowest BCUT2D eigenvalue weighted by Gasteiger charge is -2.06. The van der Waals surface area contributed by atoms with Crippen LogP contribution >= 0.6 is 11.8 Å². The molecule has 0 amide bonds. The molecule has 0 radical (unpaired) electrons. The number of benzene rings is 3. The Hall–Kier alpha value is -2.84. The zero-order valence-corrected chi connectivity index (χ0v) is 12.9. The van der Waals surface area contributed by atoms with Crippen molar-refractivity contribution in [3.63, 3.8) is 0 Å². The van der Waals surface area contributed by atoms with E-state index in [1.54, 1.807) is 23.9 Å². The average Bonchev–Trinajstić information content (AvgIpc) is 2.59. The molecule has 0 aliphatic carbocycles. The van der Waals surface area contributed by atoms with Crippen molar-refractivity contribution in [2.45, 2.75) is 10.6 Å². The molecule has 0 bridgehead atoms. The summed E-state index contributed by atoms with van der Waals surface area (Å²) in [5, 5.41) is 22.5. The second-order valence-corrected chi connectivity index (χ2v) is 6.03. The van der Waals surface area contributed by atoms with Gasteiger partial charge in [-0.15, -0.1) is 11.8 Å². The zero-order valence-electron chi connectivity index (χ0n) is 12.1. The Labute approximate surface area is 137 Å². The highest BCUT2D eigenvalue weighted by Gasteiger charge is 2.16. The Morgan fingerprint density at radius 2 is 1.83 bits per heavy atom. The Bertz CT molecular complexity index is 932. The number of nitrogens with zero attached hydrogens (tertiary/aromatic N) is 2. The summed E-state index contributed by atoms with van der Waals surface area (Å²) in [5.41, 5.74) is 0.690. The van der Waals surface area contributed by atoms with Crippen molar-refractivity contribution in [3.8, 4) is 6.07 Å². The number of hydrogen-bond acceptors (Lipinski definition) is 4. The normalized spacial score (nSPS) is 10.4. The molecule has 3 rings (SSSR count). The van der Waals surface area contributed by atoms with Crippen LogP contribution in [0.2, 0.25) is 0 Å². The van der Waals surface area contributed by atoms with E-state index < -0.39 is 4.92 Å². The number of nitro groups is 1. The fourth-order valence-corrected chi connectivity index (χ4v) is 3.34. The van der Waals surface area contributed by atoms with Crippen LogP contribution in [0.3, 0.4) is 0 Å². The summed E-state index contributed by atoms with van der Waals surface area (Å²) in [6, 6.07) is 21.0. The highest BCUT2D eigenvalue weighted by molar-refractivity contribution is 7.98. The van der Waals surface area contributed by atoms with Gasteiger partial charge in [-0.1, -0.05) is 42.5 Å².